The summed E-state index contributed by atoms with van der Waals surface area (Å²) in [5.41, 5.74) is 0. The van der Waals surface area contributed by atoms with Crippen molar-refractivity contribution >= 4 is 26.7 Å². The molecule has 0 aliphatic heterocycles. The van der Waals surface area contributed by atoms with E-state index in [1.54, 1.807) is 0 Å². The SMILES string of the molecule is C=C(F)C(=C)S(=O)(=O)Nc1ncns1. The molecule has 0 saturated carbocycles. The van der Waals surface area contributed by atoms with Crippen LogP contribution in [0.3, 0.4) is 0 Å². The summed E-state index contributed by atoms with van der Waals surface area (Å²) in [7, 11) is -3.99. The molecule has 0 aromatic carbocycles. The Labute approximate surface area is 84.2 Å². The molecule has 0 unspecified atom stereocenters. The van der Waals surface area contributed by atoms with Gasteiger partial charge in [0, 0.05) is 11.5 Å². The summed E-state index contributed by atoms with van der Waals surface area (Å²) in [6.45, 7) is 5.87. The molecule has 1 N–H and O–H groups in total. The van der Waals surface area contributed by atoms with Gasteiger partial charge in [0.25, 0.3) is 10.0 Å². The number of rotatable bonds is 4. The number of allylic oxidation sites excluding steroid dienone is 1. The Morgan fingerprint density at radius 2 is 2.21 bits per heavy atom. The fraction of sp³-hybridized carbons (Fsp3) is 0. The minimum absolute atomic E-state index is 0.0485. The molecular formula is C6H6FN3O2S2. The van der Waals surface area contributed by atoms with E-state index in [1.807, 2.05) is 4.72 Å². The number of hydrogen-bond acceptors (Lipinski definition) is 5. The van der Waals surface area contributed by atoms with Gasteiger partial charge in [-0.3, -0.25) is 4.72 Å². The van der Waals surface area contributed by atoms with Crippen LogP contribution < -0.4 is 4.72 Å². The number of nitrogens with one attached hydrogen (secondary N) is 1. The molecule has 1 rings (SSSR count). The molecule has 0 atom stereocenters. The fourth-order valence-corrected chi connectivity index (χ4v) is 2.00. The lowest BCUT2D eigenvalue weighted by molar-refractivity contribution is 0.600. The van der Waals surface area contributed by atoms with Crippen LogP contribution in [0.1, 0.15) is 0 Å². The minimum Gasteiger partial charge on any atom is -0.253 e. The summed E-state index contributed by atoms with van der Waals surface area (Å²) in [6, 6.07) is 0. The number of hydrogen-bond donors (Lipinski definition) is 1. The van der Waals surface area contributed by atoms with Crippen molar-refractivity contribution in [2.45, 2.75) is 0 Å². The molecule has 0 amide bonds. The van der Waals surface area contributed by atoms with Crippen LogP contribution in [0, 0.1) is 0 Å². The highest BCUT2D eigenvalue weighted by atomic mass is 32.2. The number of anilines is 1. The molecule has 0 bridgehead atoms. The van der Waals surface area contributed by atoms with E-state index in [9.17, 15) is 12.8 Å². The Bertz CT molecular complexity index is 451. The summed E-state index contributed by atoms with van der Waals surface area (Å²) in [6.07, 6.45) is 1.18. The van der Waals surface area contributed by atoms with Crippen molar-refractivity contribution in [3.63, 3.8) is 0 Å². The molecule has 14 heavy (non-hydrogen) atoms. The maximum absolute atomic E-state index is 12.5. The number of nitrogens with zero attached hydrogens (tertiary/aromatic N) is 2. The second kappa shape index (κ2) is 3.84. The number of sulfonamides is 1. The molecule has 0 aliphatic carbocycles. The van der Waals surface area contributed by atoms with E-state index in [2.05, 4.69) is 22.5 Å². The first-order valence-electron chi connectivity index (χ1n) is 3.26. The lowest BCUT2D eigenvalue weighted by Gasteiger charge is -2.04. The first-order valence-corrected chi connectivity index (χ1v) is 5.52. The Morgan fingerprint density at radius 3 is 2.64 bits per heavy atom. The van der Waals surface area contributed by atoms with Crippen molar-refractivity contribution < 1.29 is 12.8 Å². The molecule has 8 heteroatoms. The van der Waals surface area contributed by atoms with Crippen LogP contribution in [-0.4, -0.2) is 17.8 Å². The Kier molecular flexibility index (Phi) is 2.96. The molecule has 0 saturated heterocycles. The van der Waals surface area contributed by atoms with Crippen molar-refractivity contribution in [2.75, 3.05) is 4.72 Å². The highest BCUT2D eigenvalue weighted by Gasteiger charge is 2.19. The second-order valence-electron chi connectivity index (χ2n) is 2.18. The summed E-state index contributed by atoms with van der Waals surface area (Å²) in [5.74, 6) is -1.11. The third kappa shape index (κ3) is 2.36. The molecule has 0 fully saturated rings. The largest absolute Gasteiger partial charge is 0.266 e. The minimum atomic E-state index is -3.99. The number of aromatic nitrogens is 2. The van der Waals surface area contributed by atoms with E-state index in [1.165, 1.54) is 6.33 Å². The highest BCUT2D eigenvalue weighted by Crippen LogP contribution is 2.18. The van der Waals surface area contributed by atoms with Gasteiger partial charge in [0.1, 0.15) is 17.1 Å². The molecule has 5 nitrogen and oxygen atoms in total. The molecule has 0 radical (unpaired) electrons. The van der Waals surface area contributed by atoms with Crippen LogP contribution in [0.25, 0.3) is 0 Å². The first-order chi connectivity index (χ1) is 6.43. The lowest BCUT2D eigenvalue weighted by Crippen LogP contribution is -2.14. The monoisotopic (exact) mass is 235 g/mol. The van der Waals surface area contributed by atoms with E-state index < -0.39 is 20.8 Å². The van der Waals surface area contributed by atoms with Gasteiger partial charge >= 0.3 is 0 Å². The lowest BCUT2D eigenvalue weighted by atomic mass is 10.6. The Hall–Kier alpha value is -1.28. The predicted octanol–water partition coefficient (Wildman–Crippen LogP) is 1.28. The topological polar surface area (TPSA) is 72.0 Å². The molecule has 1 aromatic rings. The van der Waals surface area contributed by atoms with Gasteiger partial charge in [-0.15, -0.1) is 0 Å². The van der Waals surface area contributed by atoms with E-state index in [-0.39, 0.29) is 5.13 Å². The first kappa shape index (κ1) is 10.8. The third-order valence-corrected chi connectivity index (χ3v) is 3.25. The van der Waals surface area contributed by atoms with Gasteiger partial charge in [0.05, 0.1) is 0 Å². The Balaban J connectivity index is 2.88. The average Bonchev–Trinajstić information content (AvgIpc) is 2.54. The predicted molar refractivity (Wildman–Crippen MR) is 51.8 cm³/mol. The maximum atomic E-state index is 12.5. The quantitative estimate of drug-likeness (QED) is 0.798. The number of halogens is 1. The van der Waals surface area contributed by atoms with Crippen LogP contribution in [0.5, 0.6) is 0 Å². The van der Waals surface area contributed by atoms with Crippen LogP contribution in [0.4, 0.5) is 9.52 Å². The summed E-state index contributed by atoms with van der Waals surface area (Å²) in [4.78, 5) is 2.85. The van der Waals surface area contributed by atoms with Gasteiger partial charge in [-0.2, -0.15) is 4.37 Å². The highest BCUT2D eigenvalue weighted by molar-refractivity contribution is 7.96. The van der Waals surface area contributed by atoms with Gasteiger partial charge in [-0.25, -0.2) is 17.8 Å². The standard InChI is InChI=1S/C6H6FN3O2S2/c1-4(7)5(2)14(11,12)10-6-8-3-9-13-6/h3H,1-2H2,(H,8,9,10). The zero-order chi connectivity index (χ0) is 10.8. The zero-order valence-corrected chi connectivity index (χ0v) is 8.53. The van der Waals surface area contributed by atoms with Crippen LogP contribution in [0.2, 0.25) is 0 Å². The molecule has 76 valence electrons. The summed E-state index contributed by atoms with van der Waals surface area (Å²) in [5, 5.41) is 0.0485. The van der Waals surface area contributed by atoms with Gasteiger partial charge in [-0.1, -0.05) is 13.2 Å². The molecule has 0 spiro atoms. The van der Waals surface area contributed by atoms with E-state index in [0.717, 1.165) is 11.5 Å². The molecular weight excluding hydrogens is 229 g/mol. The van der Waals surface area contributed by atoms with E-state index in [4.69, 9.17) is 0 Å². The fourth-order valence-electron chi connectivity index (χ4n) is 0.540. The van der Waals surface area contributed by atoms with Crippen LogP contribution in [0.15, 0.2) is 30.2 Å². The van der Waals surface area contributed by atoms with Crippen molar-refractivity contribution in [2.24, 2.45) is 0 Å². The molecule has 1 heterocycles. The maximum Gasteiger partial charge on any atom is 0.266 e. The van der Waals surface area contributed by atoms with E-state index in [0.29, 0.717) is 0 Å². The summed E-state index contributed by atoms with van der Waals surface area (Å²) < 4.78 is 40.6. The van der Waals surface area contributed by atoms with Crippen LogP contribution >= 0.6 is 11.5 Å². The van der Waals surface area contributed by atoms with Crippen molar-refractivity contribution in [1.29, 1.82) is 0 Å². The Morgan fingerprint density at radius 1 is 1.57 bits per heavy atom. The van der Waals surface area contributed by atoms with Gasteiger partial charge in [0.15, 0.2) is 0 Å². The van der Waals surface area contributed by atoms with Crippen molar-refractivity contribution in [3.05, 3.63) is 30.2 Å². The summed E-state index contributed by atoms with van der Waals surface area (Å²) >= 11 is 0.834. The van der Waals surface area contributed by atoms with Gasteiger partial charge in [0.2, 0.25) is 5.13 Å². The zero-order valence-electron chi connectivity index (χ0n) is 6.90. The van der Waals surface area contributed by atoms with Gasteiger partial charge in [-0.05, 0) is 0 Å². The third-order valence-electron chi connectivity index (χ3n) is 1.21. The average molecular weight is 235 g/mol. The second-order valence-corrected chi connectivity index (χ2v) is 4.66. The van der Waals surface area contributed by atoms with Crippen molar-refractivity contribution in [3.8, 4) is 0 Å². The smallest absolute Gasteiger partial charge is 0.253 e. The van der Waals surface area contributed by atoms with Crippen molar-refractivity contribution in [1.82, 2.24) is 9.36 Å². The normalized spacial score (nSPS) is 10.9. The van der Waals surface area contributed by atoms with E-state index >= 15 is 0 Å². The molecule has 0 aliphatic rings. The van der Waals surface area contributed by atoms with Gasteiger partial charge < -0.3 is 0 Å². The van der Waals surface area contributed by atoms with Crippen LogP contribution in [-0.2, 0) is 10.0 Å². The molecule has 1 aromatic heterocycles.